The first-order valence-corrected chi connectivity index (χ1v) is 6.69. The van der Waals surface area contributed by atoms with Crippen LogP contribution >= 0.6 is 11.3 Å². The zero-order valence-electron chi connectivity index (χ0n) is 10.3. The van der Waals surface area contributed by atoms with Crippen LogP contribution in [0.25, 0.3) is 0 Å². The first-order chi connectivity index (χ1) is 8.20. The van der Waals surface area contributed by atoms with Gasteiger partial charge in [-0.1, -0.05) is 13.0 Å². The number of hydrogen-bond acceptors (Lipinski definition) is 3. The minimum atomic E-state index is 0.843. The van der Waals surface area contributed by atoms with Crippen molar-refractivity contribution < 1.29 is 0 Å². The van der Waals surface area contributed by atoms with Crippen LogP contribution in [0, 0.1) is 6.92 Å². The van der Waals surface area contributed by atoms with Crippen molar-refractivity contribution in [3.8, 4) is 0 Å². The standard InChI is InChI=1S/C14H18N2S/c1-3-11-7-8-12(17-11)9-16-14-6-4-5-13(15)10(14)2/h4-8,16H,3,9,15H2,1-2H3. The van der Waals surface area contributed by atoms with Crippen LogP contribution in [0.5, 0.6) is 0 Å². The average Bonchev–Trinajstić information content (AvgIpc) is 2.79. The minimum Gasteiger partial charge on any atom is -0.398 e. The summed E-state index contributed by atoms with van der Waals surface area (Å²) in [6.07, 6.45) is 1.11. The maximum atomic E-state index is 5.88. The fourth-order valence-electron chi connectivity index (χ4n) is 1.73. The number of nitrogens with one attached hydrogen (secondary N) is 1. The van der Waals surface area contributed by atoms with Gasteiger partial charge in [0.15, 0.2) is 0 Å². The van der Waals surface area contributed by atoms with Crippen LogP contribution in [0.2, 0.25) is 0 Å². The van der Waals surface area contributed by atoms with Crippen LogP contribution in [-0.4, -0.2) is 0 Å². The molecule has 0 amide bonds. The maximum absolute atomic E-state index is 5.88. The van der Waals surface area contributed by atoms with E-state index in [9.17, 15) is 0 Å². The van der Waals surface area contributed by atoms with Crippen LogP contribution in [0.15, 0.2) is 30.3 Å². The van der Waals surface area contributed by atoms with Crippen LogP contribution in [0.1, 0.15) is 22.2 Å². The summed E-state index contributed by atoms with van der Waals surface area (Å²) in [6, 6.07) is 10.4. The highest BCUT2D eigenvalue weighted by atomic mass is 32.1. The van der Waals surface area contributed by atoms with Gasteiger partial charge in [-0.3, -0.25) is 0 Å². The van der Waals surface area contributed by atoms with E-state index >= 15 is 0 Å². The lowest BCUT2D eigenvalue weighted by Crippen LogP contribution is -2.01. The van der Waals surface area contributed by atoms with Crippen molar-refractivity contribution in [3.05, 3.63) is 45.6 Å². The Morgan fingerprint density at radius 3 is 2.65 bits per heavy atom. The summed E-state index contributed by atoms with van der Waals surface area (Å²) in [5.41, 5.74) is 8.97. The van der Waals surface area contributed by atoms with Gasteiger partial charge in [0.25, 0.3) is 0 Å². The van der Waals surface area contributed by atoms with Gasteiger partial charge in [0.2, 0.25) is 0 Å². The average molecular weight is 246 g/mol. The van der Waals surface area contributed by atoms with Crippen molar-refractivity contribution in [2.24, 2.45) is 0 Å². The van der Waals surface area contributed by atoms with Crippen LogP contribution < -0.4 is 11.1 Å². The van der Waals surface area contributed by atoms with Crippen molar-refractivity contribution in [2.75, 3.05) is 11.1 Å². The molecular formula is C14H18N2S. The second kappa shape index (κ2) is 5.23. The molecule has 0 atom stereocenters. The molecule has 0 fully saturated rings. The molecule has 0 saturated carbocycles. The molecule has 0 bridgehead atoms. The number of rotatable bonds is 4. The summed E-state index contributed by atoms with van der Waals surface area (Å²) < 4.78 is 0. The molecule has 1 aromatic carbocycles. The molecule has 3 N–H and O–H groups in total. The predicted molar refractivity (Wildman–Crippen MR) is 76.6 cm³/mol. The largest absolute Gasteiger partial charge is 0.398 e. The van der Waals surface area contributed by atoms with E-state index in [2.05, 4.69) is 30.4 Å². The summed E-state index contributed by atoms with van der Waals surface area (Å²) in [5.74, 6) is 0. The molecule has 90 valence electrons. The third-order valence-electron chi connectivity index (χ3n) is 2.89. The van der Waals surface area contributed by atoms with E-state index in [1.54, 1.807) is 0 Å². The Hall–Kier alpha value is -1.48. The number of aryl methyl sites for hydroxylation is 1. The van der Waals surface area contributed by atoms with Crippen molar-refractivity contribution in [2.45, 2.75) is 26.8 Å². The molecule has 0 saturated heterocycles. The van der Waals surface area contributed by atoms with Crippen LogP contribution in [0.3, 0.4) is 0 Å². The van der Waals surface area contributed by atoms with Gasteiger partial charge in [0, 0.05) is 27.7 Å². The molecule has 0 radical (unpaired) electrons. The number of nitrogens with two attached hydrogens (primary N) is 1. The summed E-state index contributed by atoms with van der Waals surface area (Å²) in [6.45, 7) is 5.10. The van der Waals surface area contributed by atoms with E-state index in [0.29, 0.717) is 0 Å². The lowest BCUT2D eigenvalue weighted by atomic mass is 10.1. The number of hydrogen-bond donors (Lipinski definition) is 2. The zero-order valence-corrected chi connectivity index (χ0v) is 11.1. The number of thiophene rings is 1. The van der Waals surface area contributed by atoms with E-state index in [0.717, 1.165) is 29.9 Å². The molecule has 17 heavy (non-hydrogen) atoms. The Kier molecular flexibility index (Phi) is 3.69. The fraction of sp³-hybridized carbons (Fsp3) is 0.286. The Balaban J connectivity index is 2.04. The van der Waals surface area contributed by atoms with Gasteiger partial charge >= 0.3 is 0 Å². The van der Waals surface area contributed by atoms with Gasteiger partial charge in [-0.25, -0.2) is 0 Å². The normalized spacial score (nSPS) is 10.5. The van der Waals surface area contributed by atoms with E-state index in [1.807, 2.05) is 30.4 Å². The summed E-state index contributed by atoms with van der Waals surface area (Å²) >= 11 is 1.87. The Labute approximate surface area is 106 Å². The predicted octanol–water partition coefficient (Wildman–Crippen LogP) is 3.81. The molecule has 0 aliphatic heterocycles. The van der Waals surface area contributed by atoms with Crippen LogP contribution in [0.4, 0.5) is 11.4 Å². The quantitative estimate of drug-likeness (QED) is 0.805. The second-order valence-electron chi connectivity index (χ2n) is 4.09. The van der Waals surface area contributed by atoms with Gasteiger partial charge in [0.1, 0.15) is 0 Å². The Morgan fingerprint density at radius 2 is 1.94 bits per heavy atom. The van der Waals surface area contributed by atoms with E-state index in [1.165, 1.54) is 9.75 Å². The lowest BCUT2D eigenvalue weighted by Gasteiger charge is -2.10. The van der Waals surface area contributed by atoms with Crippen molar-refractivity contribution in [1.82, 2.24) is 0 Å². The molecule has 0 unspecified atom stereocenters. The first-order valence-electron chi connectivity index (χ1n) is 5.87. The first kappa shape index (κ1) is 12.0. The lowest BCUT2D eigenvalue weighted by molar-refractivity contribution is 1.18. The molecule has 1 heterocycles. The monoisotopic (exact) mass is 246 g/mol. The van der Waals surface area contributed by atoms with Gasteiger partial charge < -0.3 is 11.1 Å². The highest BCUT2D eigenvalue weighted by Gasteiger charge is 2.02. The number of nitrogen functional groups attached to an aromatic ring is 1. The molecule has 2 aromatic rings. The molecule has 3 heteroatoms. The topological polar surface area (TPSA) is 38.0 Å². The third-order valence-corrected chi connectivity index (χ3v) is 4.12. The van der Waals surface area contributed by atoms with E-state index in [-0.39, 0.29) is 0 Å². The summed E-state index contributed by atoms with van der Waals surface area (Å²) in [4.78, 5) is 2.80. The Bertz CT molecular complexity index is 503. The van der Waals surface area contributed by atoms with E-state index < -0.39 is 0 Å². The maximum Gasteiger partial charge on any atom is 0.0494 e. The summed E-state index contributed by atoms with van der Waals surface area (Å²) in [5, 5.41) is 3.44. The zero-order chi connectivity index (χ0) is 12.3. The smallest absolute Gasteiger partial charge is 0.0494 e. The highest BCUT2D eigenvalue weighted by Crippen LogP contribution is 2.23. The molecular weight excluding hydrogens is 228 g/mol. The molecule has 0 aliphatic rings. The van der Waals surface area contributed by atoms with E-state index in [4.69, 9.17) is 5.73 Å². The molecule has 1 aromatic heterocycles. The molecule has 0 spiro atoms. The highest BCUT2D eigenvalue weighted by molar-refractivity contribution is 7.12. The van der Waals surface area contributed by atoms with Crippen molar-refractivity contribution in [1.29, 1.82) is 0 Å². The van der Waals surface area contributed by atoms with Gasteiger partial charge in [0.05, 0.1) is 0 Å². The number of benzene rings is 1. The van der Waals surface area contributed by atoms with Crippen molar-refractivity contribution in [3.63, 3.8) is 0 Å². The van der Waals surface area contributed by atoms with Gasteiger partial charge in [-0.05, 0) is 43.2 Å². The number of anilines is 2. The minimum absolute atomic E-state index is 0.843. The molecule has 2 nitrogen and oxygen atoms in total. The Morgan fingerprint density at radius 1 is 1.18 bits per heavy atom. The molecule has 2 rings (SSSR count). The second-order valence-corrected chi connectivity index (χ2v) is 5.35. The van der Waals surface area contributed by atoms with Gasteiger partial charge in [-0.15, -0.1) is 11.3 Å². The SMILES string of the molecule is CCc1ccc(CNc2cccc(N)c2C)s1. The van der Waals surface area contributed by atoms with Crippen molar-refractivity contribution >= 4 is 22.7 Å². The third kappa shape index (κ3) is 2.80. The fourth-order valence-corrected chi connectivity index (χ4v) is 2.63. The van der Waals surface area contributed by atoms with Gasteiger partial charge in [-0.2, -0.15) is 0 Å². The van der Waals surface area contributed by atoms with Crippen LogP contribution in [-0.2, 0) is 13.0 Å². The molecule has 0 aliphatic carbocycles. The summed E-state index contributed by atoms with van der Waals surface area (Å²) in [7, 11) is 0.